The summed E-state index contributed by atoms with van der Waals surface area (Å²) in [6, 6.07) is 13.5. The Kier molecular flexibility index (Phi) is 5.77. The largest absolute Gasteiger partial charge is 0.332 e. The predicted octanol–water partition coefficient (Wildman–Crippen LogP) is 4.61. The summed E-state index contributed by atoms with van der Waals surface area (Å²) >= 11 is 6.09. The molecule has 1 saturated carbocycles. The summed E-state index contributed by atoms with van der Waals surface area (Å²) in [5, 5.41) is 3.30. The number of carbonyl (C=O) groups is 3. The number of hydrogen-bond donors (Lipinski definition) is 1. The third-order valence-corrected chi connectivity index (χ3v) is 6.06. The van der Waals surface area contributed by atoms with Crippen LogP contribution in [-0.2, 0) is 9.59 Å². The molecule has 0 radical (unpaired) electrons. The van der Waals surface area contributed by atoms with Gasteiger partial charge in [0.15, 0.2) is 0 Å². The van der Waals surface area contributed by atoms with E-state index in [0.717, 1.165) is 24.8 Å². The molecule has 0 bridgehead atoms. The lowest BCUT2D eigenvalue weighted by Crippen LogP contribution is -2.64. The van der Waals surface area contributed by atoms with E-state index in [4.69, 9.17) is 11.6 Å². The first-order chi connectivity index (χ1) is 14.4. The van der Waals surface area contributed by atoms with Crippen molar-refractivity contribution in [2.45, 2.75) is 38.6 Å². The minimum atomic E-state index is -0.468. The highest BCUT2D eigenvalue weighted by Crippen LogP contribution is 2.36. The number of anilines is 2. The zero-order chi connectivity index (χ0) is 21.3. The van der Waals surface area contributed by atoms with Crippen LogP contribution in [0.1, 0.15) is 31.2 Å². The van der Waals surface area contributed by atoms with Gasteiger partial charge >= 0.3 is 6.03 Å². The van der Waals surface area contributed by atoms with Crippen LogP contribution < -0.4 is 10.2 Å². The van der Waals surface area contributed by atoms with Crippen molar-refractivity contribution in [2.75, 3.05) is 16.8 Å². The number of rotatable bonds is 4. The Labute approximate surface area is 180 Å². The zero-order valence-corrected chi connectivity index (χ0v) is 17.6. The van der Waals surface area contributed by atoms with Gasteiger partial charge in [-0.25, -0.2) is 9.69 Å². The van der Waals surface area contributed by atoms with Crippen LogP contribution in [-0.4, -0.2) is 35.3 Å². The van der Waals surface area contributed by atoms with Crippen molar-refractivity contribution in [3.8, 4) is 0 Å². The predicted molar refractivity (Wildman–Crippen MR) is 117 cm³/mol. The van der Waals surface area contributed by atoms with Gasteiger partial charge in [-0.05, 0) is 50.1 Å². The second-order valence-corrected chi connectivity index (χ2v) is 8.37. The quantitative estimate of drug-likeness (QED) is 0.777. The van der Waals surface area contributed by atoms with Gasteiger partial charge in [0.1, 0.15) is 6.54 Å². The van der Waals surface area contributed by atoms with Crippen LogP contribution in [0.5, 0.6) is 0 Å². The van der Waals surface area contributed by atoms with Crippen molar-refractivity contribution >= 4 is 40.8 Å². The molecule has 30 heavy (non-hydrogen) atoms. The van der Waals surface area contributed by atoms with Gasteiger partial charge in [-0.2, -0.15) is 0 Å². The molecule has 0 spiro atoms. The number of aryl methyl sites for hydroxylation is 1. The Morgan fingerprint density at radius 1 is 1.10 bits per heavy atom. The van der Waals surface area contributed by atoms with Gasteiger partial charge in [0.05, 0.1) is 11.6 Å². The number of nitrogens with one attached hydrogen (secondary N) is 1. The van der Waals surface area contributed by atoms with Crippen molar-refractivity contribution in [1.29, 1.82) is 0 Å². The van der Waals surface area contributed by atoms with E-state index < -0.39 is 6.03 Å². The van der Waals surface area contributed by atoms with Crippen molar-refractivity contribution in [1.82, 2.24) is 4.90 Å². The molecule has 156 valence electrons. The molecular weight excluding hydrogens is 402 g/mol. The number of benzene rings is 2. The standard InChI is InChI=1S/C23H24ClN3O3/c1-15-9-11-17(12-10-15)25-21(28)14-26-20-8-3-2-7-19(20)22(29)27(23(26)30)18-6-4-5-16(24)13-18/h4-6,9-13,19-20H,2-3,7-8,14H2,1H3,(H,25,28). The second-order valence-electron chi connectivity index (χ2n) is 7.94. The van der Waals surface area contributed by atoms with Crippen LogP contribution in [0.2, 0.25) is 5.02 Å². The summed E-state index contributed by atoms with van der Waals surface area (Å²) < 4.78 is 0. The monoisotopic (exact) mass is 425 g/mol. The van der Waals surface area contributed by atoms with E-state index in [1.54, 1.807) is 29.2 Å². The summed E-state index contributed by atoms with van der Waals surface area (Å²) in [5.74, 6) is -0.790. The molecule has 2 aromatic rings. The van der Waals surface area contributed by atoms with E-state index in [0.29, 0.717) is 22.8 Å². The molecule has 1 aliphatic heterocycles. The normalized spacial score (nSPS) is 21.4. The molecule has 2 aliphatic rings. The van der Waals surface area contributed by atoms with Gasteiger partial charge in [0, 0.05) is 16.8 Å². The molecule has 2 aromatic carbocycles. The molecule has 1 heterocycles. The van der Waals surface area contributed by atoms with E-state index in [1.165, 1.54) is 4.90 Å². The van der Waals surface area contributed by atoms with Crippen LogP contribution in [0.25, 0.3) is 0 Å². The molecule has 2 atom stereocenters. The van der Waals surface area contributed by atoms with Crippen LogP contribution >= 0.6 is 11.6 Å². The molecule has 2 unspecified atom stereocenters. The molecule has 2 fully saturated rings. The summed E-state index contributed by atoms with van der Waals surface area (Å²) in [6.07, 6.45) is 3.32. The summed E-state index contributed by atoms with van der Waals surface area (Å²) in [4.78, 5) is 42.0. The zero-order valence-electron chi connectivity index (χ0n) is 16.8. The van der Waals surface area contributed by atoms with Gasteiger partial charge in [0.2, 0.25) is 11.8 Å². The van der Waals surface area contributed by atoms with Gasteiger partial charge in [-0.15, -0.1) is 0 Å². The Hall–Kier alpha value is -2.86. The van der Waals surface area contributed by atoms with Gasteiger partial charge in [-0.1, -0.05) is 48.2 Å². The highest BCUT2D eigenvalue weighted by Gasteiger charge is 2.48. The number of nitrogens with zero attached hydrogens (tertiary/aromatic N) is 2. The fourth-order valence-corrected chi connectivity index (χ4v) is 4.52. The van der Waals surface area contributed by atoms with Crippen LogP contribution in [0.3, 0.4) is 0 Å². The summed E-state index contributed by atoms with van der Waals surface area (Å²) in [7, 11) is 0. The summed E-state index contributed by atoms with van der Waals surface area (Å²) in [5.41, 5.74) is 2.21. The van der Waals surface area contributed by atoms with E-state index in [1.807, 2.05) is 31.2 Å². The molecule has 7 heteroatoms. The maximum atomic E-state index is 13.3. The Morgan fingerprint density at radius 3 is 2.57 bits per heavy atom. The first kappa shape index (κ1) is 20.4. The van der Waals surface area contributed by atoms with E-state index in [-0.39, 0.29) is 30.3 Å². The van der Waals surface area contributed by atoms with Crippen molar-refractivity contribution in [3.63, 3.8) is 0 Å². The smallest absolute Gasteiger partial charge is 0.325 e. The lowest BCUT2D eigenvalue weighted by molar-refractivity contribution is -0.128. The number of fused-ring (bicyclic) bond motifs is 1. The Morgan fingerprint density at radius 2 is 1.83 bits per heavy atom. The average molecular weight is 426 g/mol. The van der Waals surface area contributed by atoms with Crippen molar-refractivity contribution in [3.05, 3.63) is 59.1 Å². The molecule has 4 amide bonds. The number of halogens is 1. The fourth-order valence-electron chi connectivity index (χ4n) is 4.33. The topological polar surface area (TPSA) is 69.7 Å². The molecule has 6 nitrogen and oxygen atoms in total. The number of hydrogen-bond acceptors (Lipinski definition) is 3. The number of carbonyl (C=O) groups excluding carboxylic acids is 3. The van der Waals surface area contributed by atoms with E-state index in [2.05, 4.69) is 5.32 Å². The van der Waals surface area contributed by atoms with Gasteiger partial charge in [-0.3, -0.25) is 9.59 Å². The van der Waals surface area contributed by atoms with Gasteiger partial charge in [0.25, 0.3) is 0 Å². The molecule has 1 aliphatic carbocycles. The summed E-state index contributed by atoms with van der Waals surface area (Å²) in [6.45, 7) is 1.88. The fraction of sp³-hybridized carbons (Fsp3) is 0.348. The first-order valence-electron chi connectivity index (χ1n) is 10.2. The van der Waals surface area contributed by atoms with E-state index >= 15 is 0 Å². The molecule has 0 aromatic heterocycles. The van der Waals surface area contributed by atoms with Crippen LogP contribution in [0.4, 0.5) is 16.2 Å². The third kappa shape index (κ3) is 4.05. The molecule has 1 saturated heterocycles. The Bertz CT molecular complexity index is 976. The number of urea groups is 1. The minimum Gasteiger partial charge on any atom is -0.325 e. The lowest BCUT2D eigenvalue weighted by atomic mass is 9.81. The number of amides is 4. The van der Waals surface area contributed by atoms with E-state index in [9.17, 15) is 14.4 Å². The van der Waals surface area contributed by atoms with Crippen molar-refractivity contribution < 1.29 is 14.4 Å². The maximum Gasteiger partial charge on any atom is 0.332 e. The minimum absolute atomic E-state index is 0.0990. The second kappa shape index (κ2) is 8.48. The lowest BCUT2D eigenvalue weighted by Gasteiger charge is -2.46. The van der Waals surface area contributed by atoms with Crippen LogP contribution in [0, 0.1) is 12.8 Å². The molecule has 4 rings (SSSR count). The third-order valence-electron chi connectivity index (χ3n) is 5.82. The number of imide groups is 1. The SMILES string of the molecule is Cc1ccc(NC(=O)CN2C(=O)N(c3cccc(Cl)c3)C(=O)C3CCCCC32)cc1. The first-order valence-corrected chi connectivity index (χ1v) is 10.6. The highest BCUT2D eigenvalue weighted by atomic mass is 35.5. The molecule has 1 N–H and O–H groups in total. The van der Waals surface area contributed by atoms with Gasteiger partial charge < -0.3 is 10.2 Å². The average Bonchev–Trinajstić information content (AvgIpc) is 2.73. The Balaban J connectivity index is 1.59. The molecular formula is C23H24ClN3O3. The van der Waals surface area contributed by atoms with Crippen molar-refractivity contribution in [2.24, 2.45) is 5.92 Å². The maximum absolute atomic E-state index is 13.3. The van der Waals surface area contributed by atoms with Crippen LogP contribution in [0.15, 0.2) is 48.5 Å². The highest BCUT2D eigenvalue weighted by molar-refractivity contribution is 6.31.